The van der Waals surface area contributed by atoms with Gasteiger partial charge in [0.2, 0.25) is 5.88 Å². The molecule has 146 valence electrons. The third-order valence-corrected chi connectivity index (χ3v) is 6.45. The van der Waals surface area contributed by atoms with Crippen molar-refractivity contribution in [1.29, 1.82) is 0 Å². The molecular formula is C17H17ClN6O3S. The number of fused-ring (bicyclic) bond motifs is 1. The van der Waals surface area contributed by atoms with Gasteiger partial charge in [-0.15, -0.1) is 0 Å². The zero-order chi connectivity index (χ0) is 20.1. The number of furan rings is 1. The van der Waals surface area contributed by atoms with Gasteiger partial charge < -0.3 is 15.1 Å². The molecule has 0 saturated heterocycles. The summed E-state index contributed by atoms with van der Waals surface area (Å²) in [6.07, 6.45) is 2.66. The van der Waals surface area contributed by atoms with Gasteiger partial charge in [0.05, 0.1) is 17.5 Å². The molecule has 2 aromatic heterocycles. The summed E-state index contributed by atoms with van der Waals surface area (Å²) in [5.74, 6) is 0.483. The smallest absolute Gasteiger partial charge is 0.266 e. The van der Waals surface area contributed by atoms with Crippen LogP contribution in [0.5, 0.6) is 0 Å². The molecule has 3 heterocycles. The molecule has 0 spiro atoms. The average molecular weight is 421 g/mol. The van der Waals surface area contributed by atoms with Gasteiger partial charge in [0.1, 0.15) is 22.6 Å². The molecule has 3 N–H and O–H groups in total. The van der Waals surface area contributed by atoms with E-state index in [4.69, 9.17) is 21.8 Å². The van der Waals surface area contributed by atoms with Crippen LogP contribution in [0.25, 0.3) is 0 Å². The summed E-state index contributed by atoms with van der Waals surface area (Å²) < 4.78 is 34.5. The third kappa shape index (κ3) is 3.05. The van der Waals surface area contributed by atoms with Crippen molar-refractivity contribution >= 4 is 45.2 Å². The molecule has 0 saturated carbocycles. The number of rotatable bonds is 4. The molecule has 3 aromatic rings. The maximum atomic E-state index is 12.7. The first-order valence-electron chi connectivity index (χ1n) is 8.25. The summed E-state index contributed by atoms with van der Waals surface area (Å²) in [6, 6.07) is 8.53. The second kappa shape index (κ2) is 6.66. The van der Waals surface area contributed by atoms with E-state index in [9.17, 15) is 8.42 Å². The van der Waals surface area contributed by atoms with Gasteiger partial charge in [0.15, 0.2) is 0 Å². The van der Waals surface area contributed by atoms with Crippen molar-refractivity contribution in [2.24, 2.45) is 17.8 Å². The van der Waals surface area contributed by atoms with Crippen LogP contribution in [0.15, 0.2) is 50.9 Å². The minimum absolute atomic E-state index is 0.0431. The molecule has 11 heteroatoms. The van der Waals surface area contributed by atoms with E-state index >= 15 is 0 Å². The lowest BCUT2D eigenvalue weighted by atomic mass is 10.2. The molecule has 4 rings (SSSR count). The van der Waals surface area contributed by atoms with Gasteiger partial charge in [-0.3, -0.25) is 9.40 Å². The third-order valence-electron chi connectivity index (χ3n) is 4.38. The van der Waals surface area contributed by atoms with Crippen LogP contribution in [0.4, 0.5) is 17.3 Å². The summed E-state index contributed by atoms with van der Waals surface area (Å²) in [4.78, 5) is 5.94. The number of nitrogens with two attached hydrogens (primary N) is 1. The molecule has 0 bridgehead atoms. The first-order chi connectivity index (χ1) is 13.3. The van der Waals surface area contributed by atoms with E-state index in [-0.39, 0.29) is 10.0 Å². The van der Waals surface area contributed by atoms with Gasteiger partial charge >= 0.3 is 0 Å². The summed E-state index contributed by atoms with van der Waals surface area (Å²) in [6.45, 7) is 1.59. The van der Waals surface area contributed by atoms with E-state index in [1.54, 1.807) is 55.5 Å². The standard InChI is InChI=1S/C17H17ClN6O3S/c1-10-14(15(18)23(2)21-10)28(25,26)22-11-3-5-12(6-4-11)24-9-20-17-13(16(24)19)7-8-27-17/h3-9,16,22H,19H2,1-2H3. The lowest BCUT2D eigenvalue weighted by Crippen LogP contribution is -2.35. The summed E-state index contributed by atoms with van der Waals surface area (Å²) in [5.41, 5.74) is 8.49. The highest BCUT2D eigenvalue weighted by molar-refractivity contribution is 7.92. The Labute approximate surface area is 166 Å². The fraction of sp³-hybridized carbons (Fsp3) is 0.176. The topological polar surface area (TPSA) is 119 Å². The van der Waals surface area contributed by atoms with Crippen molar-refractivity contribution in [3.8, 4) is 0 Å². The zero-order valence-corrected chi connectivity index (χ0v) is 16.6. The number of nitrogens with zero attached hydrogens (tertiary/aromatic N) is 4. The van der Waals surface area contributed by atoms with Crippen molar-refractivity contribution in [3.05, 3.63) is 53.0 Å². The van der Waals surface area contributed by atoms with Gasteiger partial charge in [-0.25, -0.2) is 13.4 Å². The fourth-order valence-corrected chi connectivity index (χ4v) is 4.84. The maximum absolute atomic E-state index is 12.7. The molecule has 0 radical (unpaired) electrons. The van der Waals surface area contributed by atoms with Gasteiger partial charge in [-0.05, 0) is 37.3 Å². The van der Waals surface area contributed by atoms with E-state index in [0.29, 0.717) is 17.3 Å². The van der Waals surface area contributed by atoms with Crippen LogP contribution in [-0.4, -0.2) is 24.5 Å². The maximum Gasteiger partial charge on any atom is 0.266 e. The lowest BCUT2D eigenvalue weighted by molar-refractivity contribution is 0.567. The number of sulfonamides is 1. The Morgan fingerprint density at radius 1 is 1.25 bits per heavy atom. The first-order valence-corrected chi connectivity index (χ1v) is 10.1. The van der Waals surface area contributed by atoms with Gasteiger partial charge in [0, 0.05) is 18.4 Å². The van der Waals surface area contributed by atoms with Crippen LogP contribution >= 0.6 is 11.6 Å². The number of anilines is 2. The van der Waals surface area contributed by atoms with E-state index in [1.165, 1.54) is 10.9 Å². The average Bonchev–Trinajstić information content (AvgIpc) is 3.21. The fourth-order valence-electron chi connectivity index (χ4n) is 3.03. The minimum atomic E-state index is -3.88. The van der Waals surface area contributed by atoms with Crippen molar-refractivity contribution < 1.29 is 12.8 Å². The molecule has 1 atom stereocenters. The molecule has 1 unspecified atom stereocenters. The van der Waals surface area contributed by atoms with Gasteiger partial charge in [-0.1, -0.05) is 11.6 Å². The lowest BCUT2D eigenvalue weighted by Gasteiger charge is -2.29. The van der Waals surface area contributed by atoms with Gasteiger partial charge in [-0.2, -0.15) is 5.10 Å². The van der Waals surface area contributed by atoms with E-state index in [0.717, 1.165) is 11.3 Å². The highest BCUT2D eigenvalue weighted by atomic mass is 35.5. The quantitative estimate of drug-likeness (QED) is 0.669. The number of benzene rings is 1. The highest BCUT2D eigenvalue weighted by Gasteiger charge is 2.26. The number of hydrogen-bond donors (Lipinski definition) is 2. The highest BCUT2D eigenvalue weighted by Crippen LogP contribution is 2.34. The monoisotopic (exact) mass is 420 g/mol. The molecule has 0 amide bonds. The second-order valence-electron chi connectivity index (χ2n) is 6.26. The van der Waals surface area contributed by atoms with Gasteiger partial charge in [0.25, 0.3) is 10.0 Å². The largest absolute Gasteiger partial charge is 0.446 e. The Morgan fingerprint density at radius 2 is 1.96 bits per heavy atom. The molecule has 9 nitrogen and oxygen atoms in total. The Bertz CT molecular complexity index is 1170. The van der Waals surface area contributed by atoms with E-state index in [2.05, 4.69) is 14.8 Å². The van der Waals surface area contributed by atoms with E-state index in [1.807, 2.05) is 0 Å². The van der Waals surface area contributed by atoms with Crippen molar-refractivity contribution in [3.63, 3.8) is 0 Å². The van der Waals surface area contributed by atoms with Crippen molar-refractivity contribution in [2.75, 3.05) is 9.62 Å². The number of nitrogens with one attached hydrogen (secondary N) is 1. The van der Waals surface area contributed by atoms with Crippen LogP contribution < -0.4 is 15.4 Å². The minimum Gasteiger partial charge on any atom is -0.446 e. The number of halogens is 1. The predicted octanol–water partition coefficient (Wildman–Crippen LogP) is 2.91. The van der Waals surface area contributed by atoms with Crippen molar-refractivity contribution in [1.82, 2.24) is 9.78 Å². The number of hydrogen-bond acceptors (Lipinski definition) is 7. The summed E-state index contributed by atoms with van der Waals surface area (Å²) in [7, 11) is -2.30. The molecule has 0 aliphatic carbocycles. The Kier molecular flexibility index (Phi) is 4.41. The molecule has 1 aromatic carbocycles. The predicted molar refractivity (Wildman–Crippen MR) is 106 cm³/mol. The van der Waals surface area contributed by atoms with Crippen LogP contribution in [0.1, 0.15) is 17.4 Å². The van der Waals surface area contributed by atoms with Crippen LogP contribution in [0, 0.1) is 6.92 Å². The molecule has 1 aliphatic rings. The number of aryl methyl sites for hydroxylation is 2. The SMILES string of the molecule is Cc1nn(C)c(Cl)c1S(=O)(=O)Nc1ccc(N2C=Nc3occc3C2N)cc1. The Balaban J connectivity index is 1.57. The second-order valence-corrected chi connectivity index (χ2v) is 8.24. The number of aromatic nitrogens is 2. The molecule has 1 aliphatic heterocycles. The Hall–Kier alpha value is -2.82. The molecule has 28 heavy (non-hydrogen) atoms. The van der Waals surface area contributed by atoms with Crippen LogP contribution in [0.2, 0.25) is 5.15 Å². The zero-order valence-electron chi connectivity index (χ0n) is 15.0. The van der Waals surface area contributed by atoms with E-state index < -0.39 is 16.2 Å². The Morgan fingerprint density at radius 3 is 2.61 bits per heavy atom. The normalized spacial score (nSPS) is 16.3. The first kappa shape index (κ1) is 18.5. The summed E-state index contributed by atoms with van der Waals surface area (Å²) >= 11 is 6.08. The van der Waals surface area contributed by atoms with Crippen LogP contribution in [-0.2, 0) is 17.1 Å². The molecule has 0 fully saturated rings. The number of aliphatic imine (C=N–C) groups is 1. The molecular weight excluding hydrogens is 404 g/mol. The summed E-state index contributed by atoms with van der Waals surface area (Å²) in [5, 5.41) is 4.09. The van der Waals surface area contributed by atoms with Crippen molar-refractivity contribution in [2.45, 2.75) is 18.0 Å². The van der Waals surface area contributed by atoms with Crippen LogP contribution in [0.3, 0.4) is 0 Å².